The fraction of sp³-hybridized carbons (Fsp3) is 0.0526. The van der Waals surface area contributed by atoms with E-state index in [2.05, 4.69) is 6.07 Å². The second-order valence-corrected chi connectivity index (χ2v) is 4.92. The minimum atomic E-state index is -0.456. The van der Waals surface area contributed by atoms with E-state index in [0.29, 0.717) is 28.2 Å². The molecule has 1 aliphatic heterocycles. The Labute approximate surface area is 133 Å². The number of esters is 1. The third kappa shape index (κ3) is 2.85. The van der Waals surface area contributed by atoms with Crippen LogP contribution in [0.1, 0.15) is 18.1 Å². The number of benzene rings is 2. The molecule has 0 atom stereocenters. The lowest BCUT2D eigenvalue weighted by Gasteiger charge is -2.13. The predicted octanol–water partition coefficient (Wildman–Crippen LogP) is 3.92. The first-order valence-electron chi connectivity index (χ1n) is 7.05. The number of ether oxygens (including phenoxy) is 2. The molecule has 0 aromatic heterocycles. The maximum atomic E-state index is 11.6. The van der Waals surface area contributed by atoms with E-state index in [1.807, 2.05) is 42.5 Å². The van der Waals surface area contributed by atoms with E-state index < -0.39 is 5.97 Å². The van der Waals surface area contributed by atoms with Crippen LogP contribution >= 0.6 is 0 Å². The molecule has 0 fully saturated rings. The van der Waals surface area contributed by atoms with Gasteiger partial charge in [-0.25, -0.2) is 0 Å². The van der Waals surface area contributed by atoms with E-state index in [4.69, 9.17) is 9.47 Å². The molecule has 23 heavy (non-hydrogen) atoms. The van der Waals surface area contributed by atoms with Crippen molar-refractivity contribution in [1.82, 2.24) is 0 Å². The van der Waals surface area contributed by atoms with Crippen LogP contribution in [0.5, 0.6) is 5.75 Å². The fourth-order valence-corrected chi connectivity index (χ4v) is 2.42. The van der Waals surface area contributed by atoms with Crippen LogP contribution in [-0.2, 0) is 9.53 Å². The summed E-state index contributed by atoms with van der Waals surface area (Å²) in [6.45, 7) is 1.33. The van der Waals surface area contributed by atoms with Crippen molar-refractivity contribution in [3.05, 3.63) is 77.6 Å². The molecule has 4 heteroatoms. The van der Waals surface area contributed by atoms with Crippen LogP contribution in [0.15, 0.2) is 66.4 Å². The van der Waals surface area contributed by atoms with E-state index in [0.717, 1.165) is 5.56 Å². The van der Waals surface area contributed by atoms with Crippen molar-refractivity contribution in [1.29, 1.82) is 5.26 Å². The summed E-state index contributed by atoms with van der Waals surface area (Å²) in [5.74, 6) is 0.398. The van der Waals surface area contributed by atoms with Gasteiger partial charge in [0.2, 0.25) is 0 Å². The van der Waals surface area contributed by atoms with Crippen molar-refractivity contribution >= 4 is 17.3 Å². The average Bonchev–Trinajstić information content (AvgIpc) is 2.72. The lowest BCUT2D eigenvalue weighted by Crippen LogP contribution is -2.02. The van der Waals surface area contributed by atoms with Gasteiger partial charge in [-0.15, -0.1) is 0 Å². The highest BCUT2D eigenvalue weighted by Gasteiger charge is 2.24. The molecule has 0 aliphatic carbocycles. The molecule has 3 rings (SSSR count). The SMILES string of the molecule is CC(=O)OC1=C(c2ccccc2)C(C#N)=COc2ccccc21. The molecule has 0 spiro atoms. The Morgan fingerprint density at radius 3 is 2.48 bits per heavy atom. The first-order valence-corrected chi connectivity index (χ1v) is 7.05. The lowest BCUT2D eigenvalue weighted by molar-refractivity contribution is -0.134. The van der Waals surface area contributed by atoms with E-state index in [1.54, 1.807) is 12.1 Å². The number of nitriles is 1. The largest absolute Gasteiger partial charge is 0.463 e. The molecular weight excluding hydrogens is 290 g/mol. The van der Waals surface area contributed by atoms with Crippen LogP contribution in [0.2, 0.25) is 0 Å². The zero-order valence-electron chi connectivity index (χ0n) is 12.4. The maximum absolute atomic E-state index is 11.6. The molecule has 4 nitrogen and oxygen atoms in total. The smallest absolute Gasteiger partial charge is 0.308 e. The molecule has 112 valence electrons. The summed E-state index contributed by atoms with van der Waals surface area (Å²) in [6.07, 6.45) is 1.39. The van der Waals surface area contributed by atoms with Crippen LogP contribution in [0.4, 0.5) is 0 Å². The van der Waals surface area contributed by atoms with Crippen molar-refractivity contribution in [3.63, 3.8) is 0 Å². The number of rotatable bonds is 2. The summed E-state index contributed by atoms with van der Waals surface area (Å²) in [7, 11) is 0. The molecule has 2 aromatic carbocycles. The minimum absolute atomic E-state index is 0.295. The summed E-state index contributed by atoms with van der Waals surface area (Å²) in [5.41, 5.74) is 2.23. The van der Waals surface area contributed by atoms with E-state index >= 15 is 0 Å². The van der Waals surface area contributed by atoms with Crippen molar-refractivity contribution < 1.29 is 14.3 Å². The van der Waals surface area contributed by atoms with Crippen LogP contribution in [0.3, 0.4) is 0 Å². The Morgan fingerprint density at radius 1 is 1.09 bits per heavy atom. The molecule has 1 aliphatic rings. The van der Waals surface area contributed by atoms with Gasteiger partial charge in [-0.3, -0.25) is 4.79 Å². The molecular formula is C19H13NO3. The van der Waals surface area contributed by atoms with Crippen molar-refractivity contribution in [2.75, 3.05) is 0 Å². The van der Waals surface area contributed by atoms with Crippen LogP contribution in [0.25, 0.3) is 11.3 Å². The average molecular weight is 303 g/mol. The predicted molar refractivity (Wildman–Crippen MR) is 85.8 cm³/mol. The highest BCUT2D eigenvalue weighted by atomic mass is 16.5. The lowest BCUT2D eigenvalue weighted by atomic mass is 9.95. The Hall–Kier alpha value is -3.32. The number of carbonyl (C=O) groups excluding carboxylic acids is 1. The second-order valence-electron chi connectivity index (χ2n) is 4.92. The number of hydrogen-bond acceptors (Lipinski definition) is 4. The normalized spacial score (nSPS) is 13.1. The quantitative estimate of drug-likeness (QED) is 0.789. The summed E-state index contributed by atoms with van der Waals surface area (Å²) in [4.78, 5) is 11.6. The number of para-hydroxylation sites is 1. The molecule has 0 amide bonds. The Morgan fingerprint density at radius 2 is 1.78 bits per heavy atom. The van der Waals surface area contributed by atoms with Crippen molar-refractivity contribution in [2.45, 2.75) is 6.92 Å². The van der Waals surface area contributed by atoms with Crippen LogP contribution in [-0.4, -0.2) is 5.97 Å². The van der Waals surface area contributed by atoms with Crippen LogP contribution in [0, 0.1) is 11.3 Å². The zero-order valence-corrected chi connectivity index (χ0v) is 12.4. The molecule has 0 N–H and O–H groups in total. The molecule has 1 heterocycles. The molecule has 0 bridgehead atoms. The molecule has 2 aromatic rings. The summed E-state index contributed by atoms with van der Waals surface area (Å²) < 4.78 is 11.1. The molecule has 0 saturated heterocycles. The fourth-order valence-electron chi connectivity index (χ4n) is 2.42. The third-order valence-corrected chi connectivity index (χ3v) is 3.36. The highest BCUT2D eigenvalue weighted by Crippen LogP contribution is 2.39. The molecule has 0 unspecified atom stereocenters. The third-order valence-electron chi connectivity index (χ3n) is 3.36. The van der Waals surface area contributed by atoms with E-state index in [1.165, 1.54) is 13.2 Å². The highest BCUT2D eigenvalue weighted by molar-refractivity contribution is 6.01. The van der Waals surface area contributed by atoms with E-state index in [9.17, 15) is 10.1 Å². The Bertz CT molecular complexity index is 858. The first-order chi connectivity index (χ1) is 11.2. The molecule has 0 saturated carbocycles. The van der Waals surface area contributed by atoms with E-state index in [-0.39, 0.29) is 0 Å². The van der Waals surface area contributed by atoms with Gasteiger partial charge in [0, 0.05) is 12.5 Å². The number of fused-ring (bicyclic) bond motifs is 1. The van der Waals surface area contributed by atoms with Gasteiger partial charge in [-0.2, -0.15) is 5.26 Å². The van der Waals surface area contributed by atoms with Gasteiger partial charge in [0.15, 0.2) is 5.76 Å². The number of hydrogen-bond donors (Lipinski definition) is 0. The van der Waals surface area contributed by atoms with Crippen LogP contribution < -0.4 is 4.74 Å². The topological polar surface area (TPSA) is 59.3 Å². The minimum Gasteiger partial charge on any atom is -0.463 e. The molecule has 0 radical (unpaired) electrons. The standard InChI is InChI=1S/C19H13NO3/c1-13(21)23-19-16-9-5-6-10-17(16)22-12-15(11-20)18(19)14-7-3-2-4-8-14/h2-10,12H,1H3. The van der Waals surface area contributed by atoms with Gasteiger partial charge >= 0.3 is 5.97 Å². The van der Waals surface area contributed by atoms with Gasteiger partial charge < -0.3 is 9.47 Å². The van der Waals surface area contributed by atoms with Gasteiger partial charge in [-0.1, -0.05) is 42.5 Å². The zero-order chi connectivity index (χ0) is 16.2. The van der Waals surface area contributed by atoms with Gasteiger partial charge in [0.05, 0.1) is 11.1 Å². The van der Waals surface area contributed by atoms with Gasteiger partial charge in [-0.05, 0) is 17.7 Å². The van der Waals surface area contributed by atoms with Crippen molar-refractivity contribution in [2.24, 2.45) is 0 Å². The summed E-state index contributed by atoms with van der Waals surface area (Å²) in [6, 6.07) is 18.6. The summed E-state index contributed by atoms with van der Waals surface area (Å²) in [5, 5.41) is 9.51. The Balaban J connectivity index is 2.34. The van der Waals surface area contributed by atoms with Gasteiger partial charge in [0.25, 0.3) is 0 Å². The maximum Gasteiger partial charge on any atom is 0.308 e. The summed E-state index contributed by atoms with van der Waals surface area (Å²) >= 11 is 0. The van der Waals surface area contributed by atoms with Gasteiger partial charge in [0.1, 0.15) is 18.1 Å². The monoisotopic (exact) mass is 303 g/mol. The van der Waals surface area contributed by atoms with Crippen molar-refractivity contribution in [3.8, 4) is 11.8 Å². The first kappa shape index (κ1) is 14.6. The number of carbonyl (C=O) groups is 1. The number of nitrogens with zero attached hydrogens (tertiary/aromatic N) is 1. The second kappa shape index (κ2) is 6.20. The Kier molecular flexibility index (Phi) is 3.94. The number of allylic oxidation sites excluding steroid dienone is 2.